The molecule has 0 heterocycles. The Bertz CT molecular complexity index is 816. The van der Waals surface area contributed by atoms with Crippen molar-refractivity contribution in [2.75, 3.05) is 0 Å². The lowest BCUT2D eigenvalue weighted by molar-refractivity contribution is -0.145. The number of carbonyl (C=O) groups excluding carboxylic acids is 1. The van der Waals surface area contributed by atoms with Gasteiger partial charge in [-0.3, -0.25) is 4.79 Å². The molecule has 3 N–H and O–H groups in total. The Kier molecular flexibility index (Phi) is 5.53. The van der Waals surface area contributed by atoms with E-state index in [-0.39, 0.29) is 10.8 Å². The highest BCUT2D eigenvalue weighted by Crippen LogP contribution is 2.67. The Labute approximate surface area is 188 Å². The summed E-state index contributed by atoms with van der Waals surface area (Å²) in [7, 11) is 0. The zero-order valence-electron chi connectivity index (χ0n) is 19.4. The van der Waals surface area contributed by atoms with Crippen molar-refractivity contribution >= 4 is 5.91 Å². The van der Waals surface area contributed by atoms with Gasteiger partial charge in [0.05, 0.1) is 5.41 Å². The van der Waals surface area contributed by atoms with E-state index >= 15 is 0 Å². The molecule has 5 aliphatic carbocycles. The van der Waals surface area contributed by atoms with E-state index in [9.17, 15) is 4.79 Å². The Balaban J connectivity index is 1.43. The molecule has 5 fully saturated rings. The fourth-order valence-electron chi connectivity index (χ4n) is 7.64. The molecule has 1 amide bonds. The van der Waals surface area contributed by atoms with Crippen LogP contribution < -0.4 is 11.1 Å². The van der Waals surface area contributed by atoms with Gasteiger partial charge >= 0.3 is 0 Å². The van der Waals surface area contributed by atoms with Crippen molar-refractivity contribution in [1.82, 2.24) is 5.32 Å². The van der Waals surface area contributed by atoms with Crippen LogP contribution in [-0.2, 0) is 10.2 Å². The van der Waals surface area contributed by atoms with Crippen molar-refractivity contribution in [2.45, 2.75) is 95.6 Å². The van der Waals surface area contributed by atoms with Gasteiger partial charge in [-0.2, -0.15) is 0 Å². The largest absolute Gasteiger partial charge is 0.353 e. The van der Waals surface area contributed by atoms with E-state index in [1.807, 2.05) is 0 Å². The summed E-state index contributed by atoms with van der Waals surface area (Å²) in [5.41, 5.74) is 9.25. The molecule has 3 nitrogen and oxygen atoms in total. The Morgan fingerprint density at radius 2 is 1.71 bits per heavy atom. The number of amides is 1. The normalized spacial score (nSPS) is 39.0. The van der Waals surface area contributed by atoms with Crippen LogP contribution in [0, 0.1) is 23.2 Å². The summed E-state index contributed by atoms with van der Waals surface area (Å²) in [6, 6.07) is 11.8. The molecule has 5 aliphatic rings. The van der Waals surface area contributed by atoms with Gasteiger partial charge in [0.2, 0.25) is 5.91 Å². The van der Waals surface area contributed by atoms with Crippen LogP contribution in [0.3, 0.4) is 0 Å². The van der Waals surface area contributed by atoms with Gasteiger partial charge in [-0.25, -0.2) is 0 Å². The van der Waals surface area contributed by atoms with Crippen molar-refractivity contribution in [3.63, 3.8) is 0 Å². The summed E-state index contributed by atoms with van der Waals surface area (Å²) in [6.45, 7) is 4.62. The predicted octanol–water partition coefficient (Wildman–Crippen LogP) is 5.49. The lowest BCUT2D eigenvalue weighted by atomic mass is 9.41. The molecule has 0 saturated heterocycles. The van der Waals surface area contributed by atoms with Crippen LogP contribution in [0.2, 0.25) is 0 Å². The van der Waals surface area contributed by atoms with E-state index in [0.29, 0.717) is 35.7 Å². The number of rotatable bonds is 5. The standard InChI is InChI=1S/C28H40N2O/c1-19(2)8-13-25-20-14-27(22-6-4-3-5-7-22)15-21(25)17-28(16-20,18-27)26(31)30-24-11-9-23(29)10-12-24/h3-7,13,19-21,23-24H,8-12,14-18,29H2,1-2H3,(H,30,31)/t20?,21?,23-,24-,27?,28?. The van der Waals surface area contributed by atoms with E-state index in [0.717, 1.165) is 44.9 Å². The second kappa shape index (κ2) is 8.06. The molecule has 1 aromatic carbocycles. The maximum Gasteiger partial charge on any atom is 0.226 e. The van der Waals surface area contributed by atoms with E-state index < -0.39 is 0 Å². The number of nitrogens with one attached hydrogen (secondary N) is 1. The van der Waals surface area contributed by atoms with Gasteiger partial charge in [-0.15, -0.1) is 0 Å². The fourth-order valence-corrected chi connectivity index (χ4v) is 7.64. The van der Waals surface area contributed by atoms with Gasteiger partial charge in [-0.05, 0) is 92.9 Å². The topological polar surface area (TPSA) is 55.1 Å². The SMILES string of the molecule is CC(C)CC=C1C2CC3(C(=O)N[C@H]4CC[C@H](N)CC4)CC1CC(c1ccccc1)(C2)C3. The quantitative estimate of drug-likeness (QED) is 0.619. The molecule has 0 radical (unpaired) electrons. The third-order valence-electron chi connectivity index (χ3n) is 8.97. The van der Waals surface area contributed by atoms with Crippen LogP contribution in [0.25, 0.3) is 0 Å². The van der Waals surface area contributed by atoms with Crippen molar-refractivity contribution in [3.05, 3.63) is 47.5 Å². The Morgan fingerprint density at radius 1 is 1.06 bits per heavy atom. The lowest BCUT2D eigenvalue weighted by Crippen LogP contribution is -2.61. The first-order valence-corrected chi connectivity index (χ1v) is 12.7. The zero-order valence-corrected chi connectivity index (χ0v) is 19.4. The van der Waals surface area contributed by atoms with E-state index in [1.165, 1.54) is 24.8 Å². The van der Waals surface area contributed by atoms with Gasteiger partial charge in [0, 0.05) is 12.1 Å². The maximum absolute atomic E-state index is 13.8. The summed E-state index contributed by atoms with van der Waals surface area (Å²) < 4.78 is 0. The first-order valence-electron chi connectivity index (χ1n) is 12.7. The number of hydrogen-bond donors (Lipinski definition) is 2. The van der Waals surface area contributed by atoms with Crippen LogP contribution >= 0.6 is 0 Å². The van der Waals surface area contributed by atoms with Crippen molar-refractivity contribution in [1.29, 1.82) is 0 Å². The van der Waals surface area contributed by atoms with Crippen molar-refractivity contribution in [3.8, 4) is 0 Å². The molecule has 2 atom stereocenters. The Hall–Kier alpha value is -1.61. The highest BCUT2D eigenvalue weighted by molar-refractivity contribution is 5.84. The molecule has 2 unspecified atom stereocenters. The van der Waals surface area contributed by atoms with Crippen molar-refractivity contribution in [2.24, 2.45) is 28.9 Å². The average Bonchev–Trinajstić information content (AvgIpc) is 2.75. The molecule has 31 heavy (non-hydrogen) atoms. The van der Waals surface area contributed by atoms with Gasteiger partial charge < -0.3 is 11.1 Å². The number of allylic oxidation sites excluding steroid dienone is 2. The van der Waals surface area contributed by atoms with Crippen LogP contribution in [0.1, 0.15) is 83.6 Å². The van der Waals surface area contributed by atoms with E-state index in [4.69, 9.17) is 5.73 Å². The third-order valence-corrected chi connectivity index (χ3v) is 8.97. The van der Waals surface area contributed by atoms with Crippen LogP contribution in [0.15, 0.2) is 42.0 Å². The van der Waals surface area contributed by atoms with Gasteiger partial charge in [0.15, 0.2) is 0 Å². The molecule has 0 aromatic heterocycles. The first-order chi connectivity index (χ1) is 14.9. The molecule has 6 rings (SSSR count). The minimum absolute atomic E-state index is 0.175. The number of hydrogen-bond acceptors (Lipinski definition) is 2. The summed E-state index contributed by atoms with van der Waals surface area (Å²) in [5.74, 6) is 2.20. The number of benzene rings is 1. The molecular weight excluding hydrogens is 380 g/mol. The van der Waals surface area contributed by atoms with Crippen molar-refractivity contribution < 1.29 is 4.79 Å². The smallest absolute Gasteiger partial charge is 0.226 e. The fraction of sp³-hybridized carbons (Fsp3) is 0.679. The van der Waals surface area contributed by atoms with Crippen LogP contribution in [0.4, 0.5) is 0 Å². The highest BCUT2D eigenvalue weighted by Gasteiger charge is 2.62. The van der Waals surface area contributed by atoms with E-state index in [1.54, 1.807) is 5.57 Å². The maximum atomic E-state index is 13.8. The minimum atomic E-state index is -0.184. The summed E-state index contributed by atoms with van der Waals surface area (Å²) in [5, 5.41) is 3.52. The third kappa shape index (κ3) is 3.88. The Morgan fingerprint density at radius 3 is 2.32 bits per heavy atom. The minimum Gasteiger partial charge on any atom is -0.353 e. The molecule has 4 bridgehead atoms. The number of nitrogens with two attached hydrogens (primary N) is 1. The summed E-state index contributed by atoms with van der Waals surface area (Å²) >= 11 is 0. The second-order valence-corrected chi connectivity index (χ2v) is 11.7. The van der Waals surface area contributed by atoms with Crippen LogP contribution in [0.5, 0.6) is 0 Å². The lowest BCUT2D eigenvalue weighted by Gasteiger charge is -2.62. The molecule has 168 valence electrons. The molecule has 0 spiro atoms. The number of carbonyl (C=O) groups is 1. The predicted molar refractivity (Wildman–Crippen MR) is 127 cm³/mol. The second-order valence-electron chi connectivity index (χ2n) is 11.7. The zero-order chi connectivity index (χ0) is 21.6. The molecular formula is C28H40N2O. The average molecular weight is 421 g/mol. The van der Waals surface area contributed by atoms with Crippen LogP contribution in [-0.4, -0.2) is 18.0 Å². The molecule has 5 saturated carbocycles. The first kappa shape index (κ1) is 21.2. The van der Waals surface area contributed by atoms with E-state index in [2.05, 4.69) is 55.6 Å². The van der Waals surface area contributed by atoms with Gasteiger partial charge in [-0.1, -0.05) is 55.8 Å². The van der Waals surface area contributed by atoms with Gasteiger partial charge in [0.1, 0.15) is 0 Å². The highest BCUT2D eigenvalue weighted by atomic mass is 16.2. The molecule has 0 aliphatic heterocycles. The monoisotopic (exact) mass is 420 g/mol. The summed E-state index contributed by atoms with van der Waals surface area (Å²) in [6.07, 6.45) is 13.5. The molecule has 1 aromatic rings. The van der Waals surface area contributed by atoms with Gasteiger partial charge in [0.25, 0.3) is 0 Å². The molecule has 3 heteroatoms. The summed E-state index contributed by atoms with van der Waals surface area (Å²) in [4.78, 5) is 13.8.